The Morgan fingerprint density at radius 1 is 1.10 bits per heavy atom. The number of hydrazone groups is 1. The van der Waals surface area contributed by atoms with E-state index in [-0.39, 0.29) is 5.82 Å². The number of nitrogens with one attached hydrogen (secondary N) is 1. The second kappa shape index (κ2) is 7.43. The molecule has 4 heteroatoms. The quantitative estimate of drug-likeness (QED) is 0.638. The number of halogens is 1. The molecule has 0 aliphatic carbocycles. The van der Waals surface area contributed by atoms with Crippen LogP contribution in [0.5, 0.6) is 0 Å². The summed E-state index contributed by atoms with van der Waals surface area (Å²) in [5.41, 5.74) is 5.64. The van der Waals surface area contributed by atoms with E-state index in [0.29, 0.717) is 5.69 Å². The minimum atomic E-state index is -0.279. The van der Waals surface area contributed by atoms with Crippen LogP contribution in [0, 0.1) is 5.82 Å². The van der Waals surface area contributed by atoms with Crippen molar-refractivity contribution >= 4 is 17.6 Å². The van der Waals surface area contributed by atoms with Crippen LogP contribution in [0.4, 0.5) is 15.8 Å². The molecule has 0 aliphatic rings. The van der Waals surface area contributed by atoms with E-state index in [0.717, 1.165) is 18.7 Å². The highest BCUT2D eigenvalue weighted by Crippen LogP contribution is 2.14. The van der Waals surface area contributed by atoms with Gasteiger partial charge >= 0.3 is 0 Å². The number of hydrogen-bond acceptors (Lipinski definition) is 3. The van der Waals surface area contributed by atoms with Crippen LogP contribution in [0.15, 0.2) is 53.6 Å². The summed E-state index contributed by atoms with van der Waals surface area (Å²) in [6, 6.07) is 14.4. The molecule has 0 fully saturated rings. The molecule has 0 unspecified atom stereocenters. The van der Waals surface area contributed by atoms with Crippen LogP contribution < -0.4 is 10.3 Å². The molecule has 1 N–H and O–H groups in total. The Kier molecular flexibility index (Phi) is 5.32. The Balaban J connectivity index is 1.98. The van der Waals surface area contributed by atoms with E-state index in [1.807, 2.05) is 12.1 Å². The van der Waals surface area contributed by atoms with E-state index in [1.165, 1.54) is 17.8 Å². The van der Waals surface area contributed by atoms with E-state index >= 15 is 0 Å². The summed E-state index contributed by atoms with van der Waals surface area (Å²) < 4.78 is 13.0. The molecule has 0 spiro atoms. The second-order valence-electron chi connectivity index (χ2n) is 4.64. The summed E-state index contributed by atoms with van der Waals surface area (Å²) in [5, 5.41) is 4.11. The van der Waals surface area contributed by atoms with Gasteiger partial charge in [0.05, 0.1) is 11.9 Å². The van der Waals surface area contributed by atoms with Gasteiger partial charge in [0, 0.05) is 18.8 Å². The van der Waals surface area contributed by atoms with E-state index in [9.17, 15) is 4.39 Å². The lowest BCUT2D eigenvalue weighted by Gasteiger charge is -2.20. The molecule has 0 heterocycles. The van der Waals surface area contributed by atoms with E-state index in [4.69, 9.17) is 0 Å². The van der Waals surface area contributed by atoms with Crippen molar-refractivity contribution in [3.8, 4) is 0 Å². The van der Waals surface area contributed by atoms with Gasteiger partial charge in [-0.05, 0) is 49.7 Å². The first kappa shape index (κ1) is 15.0. The Hall–Kier alpha value is -2.36. The minimum Gasteiger partial charge on any atom is -0.372 e. The Morgan fingerprint density at radius 3 is 2.43 bits per heavy atom. The van der Waals surface area contributed by atoms with E-state index in [2.05, 4.69) is 41.4 Å². The van der Waals surface area contributed by atoms with Crippen LogP contribution in [-0.4, -0.2) is 19.3 Å². The highest BCUT2D eigenvalue weighted by molar-refractivity contribution is 5.81. The molecule has 0 aliphatic heterocycles. The molecule has 21 heavy (non-hydrogen) atoms. The highest BCUT2D eigenvalue weighted by atomic mass is 19.1. The van der Waals surface area contributed by atoms with Gasteiger partial charge in [-0.15, -0.1) is 0 Å². The summed E-state index contributed by atoms with van der Waals surface area (Å²) in [6.45, 7) is 6.26. The molecule has 0 radical (unpaired) electrons. The van der Waals surface area contributed by atoms with Gasteiger partial charge in [-0.3, -0.25) is 5.43 Å². The molecule has 2 aromatic carbocycles. The molecule has 0 amide bonds. The van der Waals surface area contributed by atoms with Gasteiger partial charge in [0.2, 0.25) is 0 Å². The van der Waals surface area contributed by atoms with Crippen molar-refractivity contribution in [1.29, 1.82) is 0 Å². The van der Waals surface area contributed by atoms with Gasteiger partial charge in [0.1, 0.15) is 5.82 Å². The summed E-state index contributed by atoms with van der Waals surface area (Å²) >= 11 is 0. The molecule has 0 saturated heterocycles. The molecule has 2 rings (SSSR count). The van der Waals surface area contributed by atoms with Gasteiger partial charge < -0.3 is 4.90 Å². The topological polar surface area (TPSA) is 27.6 Å². The monoisotopic (exact) mass is 285 g/mol. The summed E-state index contributed by atoms with van der Waals surface area (Å²) in [5.74, 6) is -0.279. The molecule has 0 bridgehead atoms. The molecular formula is C17H20FN3. The lowest BCUT2D eigenvalue weighted by Crippen LogP contribution is -2.21. The zero-order chi connectivity index (χ0) is 15.1. The SMILES string of the molecule is CCN(CC)c1ccc(/C=N/Nc2cccc(F)c2)cc1. The Labute approximate surface area is 125 Å². The summed E-state index contributed by atoms with van der Waals surface area (Å²) in [6.07, 6.45) is 1.72. The maximum atomic E-state index is 13.0. The zero-order valence-electron chi connectivity index (χ0n) is 12.4. The Bertz CT molecular complexity index is 589. The molecule has 2 aromatic rings. The normalized spacial score (nSPS) is 10.8. The summed E-state index contributed by atoms with van der Waals surface area (Å²) in [4.78, 5) is 2.28. The standard InChI is InChI=1S/C17H20FN3/c1-3-21(4-2)17-10-8-14(9-11-17)13-19-20-16-7-5-6-15(18)12-16/h5-13,20H,3-4H2,1-2H3/b19-13+. The van der Waals surface area contributed by atoms with Crippen LogP contribution in [0.2, 0.25) is 0 Å². The van der Waals surface area contributed by atoms with Crippen LogP contribution in [0.3, 0.4) is 0 Å². The number of rotatable bonds is 6. The van der Waals surface area contributed by atoms with Crippen molar-refractivity contribution in [2.75, 3.05) is 23.4 Å². The fourth-order valence-corrected chi connectivity index (χ4v) is 2.10. The van der Waals surface area contributed by atoms with Crippen LogP contribution in [-0.2, 0) is 0 Å². The van der Waals surface area contributed by atoms with Gasteiger partial charge in [-0.25, -0.2) is 4.39 Å². The smallest absolute Gasteiger partial charge is 0.125 e. The minimum absolute atomic E-state index is 0.279. The maximum absolute atomic E-state index is 13.0. The number of nitrogens with zero attached hydrogens (tertiary/aromatic N) is 2. The van der Waals surface area contributed by atoms with Crippen LogP contribution in [0.25, 0.3) is 0 Å². The third-order valence-corrected chi connectivity index (χ3v) is 3.25. The first-order valence-electron chi connectivity index (χ1n) is 7.12. The third-order valence-electron chi connectivity index (χ3n) is 3.25. The van der Waals surface area contributed by atoms with Gasteiger partial charge in [-0.2, -0.15) is 5.10 Å². The highest BCUT2D eigenvalue weighted by Gasteiger charge is 2.00. The molecular weight excluding hydrogens is 265 g/mol. The third kappa shape index (κ3) is 4.31. The maximum Gasteiger partial charge on any atom is 0.125 e. The van der Waals surface area contributed by atoms with Crippen molar-refractivity contribution in [2.24, 2.45) is 5.10 Å². The van der Waals surface area contributed by atoms with Crippen molar-refractivity contribution in [3.05, 3.63) is 59.9 Å². The molecule has 0 aromatic heterocycles. The number of benzene rings is 2. The second-order valence-corrected chi connectivity index (χ2v) is 4.64. The fraction of sp³-hybridized carbons (Fsp3) is 0.235. The summed E-state index contributed by atoms with van der Waals surface area (Å²) in [7, 11) is 0. The average molecular weight is 285 g/mol. The predicted octanol–water partition coefficient (Wildman–Crippen LogP) is 4.12. The van der Waals surface area contributed by atoms with Gasteiger partial charge in [-0.1, -0.05) is 18.2 Å². The molecule has 110 valence electrons. The number of hydrogen-bond donors (Lipinski definition) is 1. The van der Waals surface area contributed by atoms with Crippen LogP contribution >= 0.6 is 0 Å². The molecule has 0 saturated carbocycles. The first-order valence-corrected chi connectivity index (χ1v) is 7.12. The number of anilines is 2. The lowest BCUT2D eigenvalue weighted by atomic mass is 10.2. The average Bonchev–Trinajstić information content (AvgIpc) is 2.50. The lowest BCUT2D eigenvalue weighted by molar-refractivity contribution is 0.628. The van der Waals surface area contributed by atoms with E-state index < -0.39 is 0 Å². The van der Waals surface area contributed by atoms with Crippen molar-refractivity contribution in [2.45, 2.75) is 13.8 Å². The van der Waals surface area contributed by atoms with Gasteiger partial charge in [0.15, 0.2) is 0 Å². The molecule has 0 atom stereocenters. The zero-order valence-corrected chi connectivity index (χ0v) is 12.4. The van der Waals surface area contributed by atoms with Crippen molar-refractivity contribution in [1.82, 2.24) is 0 Å². The van der Waals surface area contributed by atoms with Gasteiger partial charge in [0.25, 0.3) is 0 Å². The van der Waals surface area contributed by atoms with E-state index in [1.54, 1.807) is 18.3 Å². The predicted molar refractivity (Wildman–Crippen MR) is 87.6 cm³/mol. The Morgan fingerprint density at radius 2 is 1.81 bits per heavy atom. The first-order chi connectivity index (χ1) is 10.2. The molecule has 3 nitrogen and oxygen atoms in total. The van der Waals surface area contributed by atoms with Crippen molar-refractivity contribution in [3.63, 3.8) is 0 Å². The van der Waals surface area contributed by atoms with Crippen LogP contribution in [0.1, 0.15) is 19.4 Å². The fourth-order valence-electron chi connectivity index (χ4n) is 2.10. The largest absolute Gasteiger partial charge is 0.372 e. The van der Waals surface area contributed by atoms with Crippen molar-refractivity contribution < 1.29 is 4.39 Å².